The summed E-state index contributed by atoms with van der Waals surface area (Å²) in [5.41, 5.74) is 0. The van der Waals surface area contributed by atoms with E-state index in [0.717, 1.165) is 12.8 Å². The van der Waals surface area contributed by atoms with Gasteiger partial charge in [0, 0.05) is 14.1 Å². The van der Waals surface area contributed by atoms with Gasteiger partial charge in [-0.15, -0.1) is 0 Å². The van der Waals surface area contributed by atoms with Gasteiger partial charge >= 0.3 is 0 Å². The maximum atomic E-state index is 11.7. The fourth-order valence-corrected chi connectivity index (χ4v) is 3.05. The monoisotopic (exact) mass is 327 g/mol. The molecule has 23 heavy (non-hydrogen) atoms. The Labute approximate surface area is 142 Å². The van der Waals surface area contributed by atoms with E-state index >= 15 is 0 Å². The Kier molecular flexibility index (Phi) is 10.5. The summed E-state index contributed by atoms with van der Waals surface area (Å²) in [6.07, 6.45) is 14.0. The van der Waals surface area contributed by atoms with Crippen LogP contribution in [0, 0.1) is 0 Å². The number of aliphatic hydroxyl groups excluding tert-OH is 1. The Bertz CT molecular complexity index is 320. The van der Waals surface area contributed by atoms with Gasteiger partial charge in [0.1, 0.15) is 6.10 Å². The predicted octanol–water partition coefficient (Wildman–Crippen LogP) is 3.90. The number of unbranched alkanes of at least 4 members (excludes halogenated alkanes) is 10. The molecule has 1 fully saturated rings. The zero-order valence-corrected chi connectivity index (χ0v) is 15.4. The highest BCUT2D eigenvalue weighted by Crippen LogP contribution is 2.29. The molecule has 4 heteroatoms. The lowest BCUT2D eigenvalue weighted by atomic mass is 10.0. The summed E-state index contributed by atoms with van der Waals surface area (Å²) >= 11 is 0. The van der Waals surface area contributed by atoms with E-state index in [9.17, 15) is 9.90 Å². The van der Waals surface area contributed by atoms with Crippen LogP contribution in [0.15, 0.2) is 0 Å². The van der Waals surface area contributed by atoms with E-state index in [1.54, 1.807) is 14.1 Å². The third kappa shape index (κ3) is 8.71. The number of ether oxygens (including phenoxy) is 1. The Balaban J connectivity index is 1.87. The molecule has 1 unspecified atom stereocenters. The van der Waals surface area contributed by atoms with Gasteiger partial charge in [0.25, 0.3) is 5.91 Å². The van der Waals surface area contributed by atoms with Crippen molar-refractivity contribution in [3.05, 3.63) is 0 Å². The molecule has 1 amide bonds. The van der Waals surface area contributed by atoms with Gasteiger partial charge in [0.05, 0.1) is 6.10 Å². The molecule has 0 aromatic heterocycles. The largest absolute Gasteiger partial charge is 0.390 e. The van der Waals surface area contributed by atoms with E-state index in [0.29, 0.717) is 0 Å². The second-order valence-corrected chi connectivity index (χ2v) is 7.15. The van der Waals surface area contributed by atoms with Gasteiger partial charge in [-0.05, 0) is 6.42 Å². The third-order valence-corrected chi connectivity index (χ3v) is 4.69. The Morgan fingerprint density at radius 1 is 0.957 bits per heavy atom. The van der Waals surface area contributed by atoms with Crippen molar-refractivity contribution in [1.82, 2.24) is 4.90 Å². The van der Waals surface area contributed by atoms with Crippen molar-refractivity contribution >= 4 is 5.91 Å². The van der Waals surface area contributed by atoms with Crippen molar-refractivity contribution in [3.63, 3.8) is 0 Å². The molecule has 136 valence electrons. The minimum atomic E-state index is -0.484. The summed E-state index contributed by atoms with van der Waals surface area (Å²) in [7, 11) is 3.44. The second kappa shape index (κ2) is 11.9. The van der Waals surface area contributed by atoms with Gasteiger partial charge in [0.2, 0.25) is 0 Å². The number of likely N-dealkylation sites (N-methyl/N-ethyl adjacent to an activating group) is 1. The number of epoxide rings is 1. The fourth-order valence-electron chi connectivity index (χ4n) is 3.05. The average Bonchev–Trinajstić information content (AvgIpc) is 3.32. The fraction of sp³-hybridized carbons (Fsp3) is 0.947. The number of hydrogen-bond donors (Lipinski definition) is 1. The highest BCUT2D eigenvalue weighted by Gasteiger charge is 2.49. The van der Waals surface area contributed by atoms with Crippen LogP contribution < -0.4 is 0 Å². The first-order valence-corrected chi connectivity index (χ1v) is 9.62. The van der Waals surface area contributed by atoms with Gasteiger partial charge < -0.3 is 14.7 Å². The molecule has 1 aliphatic rings. The molecule has 1 saturated heterocycles. The molecule has 3 atom stereocenters. The molecule has 0 spiro atoms. The molecule has 1 heterocycles. The normalized spacial score (nSPS) is 21.2. The maximum Gasteiger partial charge on any atom is 0.254 e. The van der Waals surface area contributed by atoms with Crippen LogP contribution in [0.2, 0.25) is 0 Å². The number of amides is 1. The van der Waals surface area contributed by atoms with Crippen LogP contribution in [0.1, 0.15) is 84.0 Å². The smallest absolute Gasteiger partial charge is 0.254 e. The number of carbonyl (C=O) groups excluding carboxylic acids is 1. The zero-order valence-electron chi connectivity index (χ0n) is 15.4. The van der Waals surface area contributed by atoms with Gasteiger partial charge in [-0.2, -0.15) is 0 Å². The van der Waals surface area contributed by atoms with Crippen LogP contribution in [0.5, 0.6) is 0 Å². The molecular weight excluding hydrogens is 290 g/mol. The second-order valence-electron chi connectivity index (χ2n) is 7.15. The van der Waals surface area contributed by atoms with E-state index < -0.39 is 12.2 Å². The summed E-state index contributed by atoms with van der Waals surface area (Å²) in [4.78, 5) is 13.2. The lowest BCUT2D eigenvalue weighted by Crippen LogP contribution is -2.30. The topological polar surface area (TPSA) is 53.1 Å². The van der Waals surface area contributed by atoms with Crippen LogP contribution in [0.25, 0.3) is 0 Å². The van der Waals surface area contributed by atoms with E-state index in [1.165, 1.54) is 69.1 Å². The number of carbonyl (C=O) groups is 1. The lowest BCUT2D eigenvalue weighted by Gasteiger charge is -2.09. The number of hydrogen-bond acceptors (Lipinski definition) is 3. The summed E-state index contributed by atoms with van der Waals surface area (Å²) in [6.45, 7) is 2.26. The first kappa shape index (κ1) is 20.4. The Morgan fingerprint density at radius 3 is 1.91 bits per heavy atom. The summed E-state index contributed by atoms with van der Waals surface area (Å²) < 4.78 is 5.31. The summed E-state index contributed by atoms with van der Waals surface area (Å²) in [6, 6.07) is 0. The predicted molar refractivity (Wildman–Crippen MR) is 94.4 cm³/mol. The SMILES string of the molecule is CCCCCCCCCCCCCC(O)[C@@H]1O[C@@H]1C(=O)N(C)C. The standard InChI is InChI=1S/C19H37NO3/c1-4-5-6-7-8-9-10-11-12-13-14-15-16(21)17-18(23-17)19(22)20(2)3/h16-18,21H,4-15H2,1-3H3/t16?,17-,18-/m0/s1. The number of aliphatic hydroxyl groups is 1. The summed E-state index contributed by atoms with van der Waals surface area (Å²) in [5.74, 6) is -0.0343. The van der Waals surface area contributed by atoms with Crippen LogP contribution in [0.4, 0.5) is 0 Å². The molecule has 0 radical (unpaired) electrons. The molecule has 0 aromatic carbocycles. The molecule has 0 bridgehead atoms. The van der Waals surface area contributed by atoms with Gasteiger partial charge in [-0.25, -0.2) is 0 Å². The Morgan fingerprint density at radius 2 is 1.43 bits per heavy atom. The van der Waals surface area contributed by atoms with Crippen molar-refractivity contribution in [2.45, 2.75) is 102 Å². The van der Waals surface area contributed by atoms with Gasteiger partial charge in [0.15, 0.2) is 6.10 Å². The maximum absolute atomic E-state index is 11.7. The lowest BCUT2D eigenvalue weighted by molar-refractivity contribution is -0.130. The molecule has 0 aromatic rings. The molecule has 1 aliphatic heterocycles. The highest BCUT2D eigenvalue weighted by atomic mass is 16.6. The molecule has 1 rings (SSSR count). The van der Waals surface area contributed by atoms with Crippen molar-refractivity contribution in [2.75, 3.05) is 14.1 Å². The minimum absolute atomic E-state index is 0.0343. The highest BCUT2D eigenvalue weighted by molar-refractivity contribution is 5.83. The third-order valence-electron chi connectivity index (χ3n) is 4.69. The van der Waals surface area contributed by atoms with Crippen LogP contribution in [-0.2, 0) is 9.53 Å². The Hall–Kier alpha value is -0.610. The van der Waals surface area contributed by atoms with E-state index in [4.69, 9.17) is 4.74 Å². The first-order valence-electron chi connectivity index (χ1n) is 9.62. The number of rotatable bonds is 14. The van der Waals surface area contributed by atoms with E-state index in [-0.39, 0.29) is 12.0 Å². The van der Waals surface area contributed by atoms with Crippen LogP contribution in [0.3, 0.4) is 0 Å². The molecule has 0 aliphatic carbocycles. The minimum Gasteiger partial charge on any atom is -0.390 e. The van der Waals surface area contributed by atoms with Crippen molar-refractivity contribution < 1.29 is 14.6 Å². The first-order chi connectivity index (χ1) is 11.1. The summed E-state index contributed by atoms with van der Waals surface area (Å²) in [5, 5.41) is 10.0. The van der Waals surface area contributed by atoms with Crippen molar-refractivity contribution in [2.24, 2.45) is 0 Å². The van der Waals surface area contributed by atoms with Crippen LogP contribution in [-0.4, -0.2) is 48.3 Å². The van der Waals surface area contributed by atoms with Gasteiger partial charge in [-0.1, -0.05) is 77.6 Å². The van der Waals surface area contributed by atoms with Crippen molar-refractivity contribution in [3.8, 4) is 0 Å². The molecule has 0 saturated carbocycles. The van der Waals surface area contributed by atoms with E-state index in [2.05, 4.69) is 6.92 Å². The average molecular weight is 328 g/mol. The quantitative estimate of drug-likeness (QED) is 0.389. The zero-order chi connectivity index (χ0) is 17.1. The van der Waals surface area contributed by atoms with E-state index in [1.807, 2.05) is 0 Å². The molecular formula is C19H37NO3. The van der Waals surface area contributed by atoms with Crippen molar-refractivity contribution in [1.29, 1.82) is 0 Å². The molecule has 4 nitrogen and oxygen atoms in total. The van der Waals surface area contributed by atoms with Crippen LogP contribution >= 0.6 is 0 Å². The number of nitrogens with zero attached hydrogens (tertiary/aromatic N) is 1. The van der Waals surface area contributed by atoms with Gasteiger partial charge in [-0.3, -0.25) is 4.79 Å². The molecule has 1 N–H and O–H groups in total.